The maximum absolute atomic E-state index is 6.05. The van der Waals surface area contributed by atoms with E-state index in [-0.39, 0.29) is 0 Å². The second-order valence-electron chi connectivity index (χ2n) is 5.92. The average Bonchev–Trinajstić information content (AvgIpc) is 2.41. The zero-order valence-electron chi connectivity index (χ0n) is 11.6. The Balaban J connectivity index is 1.91. The van der Waals surface area contributed by atoms with Gasteiger partial charge in [-0.1, -0.05) is 49.6 Å². The summed E-state index contributed by atoms with van der Waals surface area (Å²) in [7, 11) is 2.22. The molecule has 0 aromatic heterocycles. The molecule has 1 aromatic rings. The van der Waals surface area contributed by atoms with Gasteiger partial charge in [0.25, 0.3) is 0 Å². The summed E-state index contributed by atoms with van der Waals surface area (Å²) >= 11 is 0. The highest BCUT2D eigenvalue weighted by Crippen LogP contribution is 2.36. The van der Waals surface area contributed by atoms with E-state index in [2.05, 4.69) is 42.3 Å². The predicted octanol–water partition coefficient (Wildman–Crippen LogP) is 3.03. The molecule has 0 bridgehead atoms. The molecule has 1 aromatic carbocycles. The Bertz CT molecular complexity index is 341. The van der Waals surface area contributed by atoms with E-state index in [1.807, 2.05) is 0 Å². The molecule has 1 saturated carbocycles. The van der Waals surface area contributed by atoms with Crippen LogP contribution < -0.4 is 5.73 Å². The molecule has 0 amide bonds. The van der Waals surface area contributed by atoms with Gasteiger partial charge in [0, 0.05) is 13.1 Å². The van der Waals surface area contributed by atoms with Gasteiger partial charge in [-0.3, -0.25) is 0 Å². The van der Waals surface area contributed by atoms with Gasteiger partial charge in [-0.2, -0.15) is 0 Å². The topological polar surface area (TPSA) is 29.3 Å². The molecule has 0 heterocycles. The normalized spacial score (nSPS) is 19.1. The van der Waals surface area contributed by atoms with Crippen LogP contribution in [-0.2, 0) is 6.54 Å². The fourth-order valence-corrected chi connectivity index (χ4v) is 3.25. The first-order chi connectivity index (χ1) is 8.74. The van der Waals surface area contributed by atoms with Crippen molar-refractivity contribution in [1.29, 1.82) is 0 Å². The molecule has 2 N–H and O–H groups in total. The molecular formula is C16H26N2. The lowest BCUT2D eigenvalue weighted by molar-refractivity contribution is 0.124. The molecule has 1 fully saturated rings. The highest BCUT2D eigenvalue weighted by molar-refractivity contribution is 5.14. The predicted molar refractivity (Wildman–Crippen MR) is 77.3 cm³/mol. The van der Waals surface area contributed by atoms with E-state index in [1.54, 1.807) is 0 Å². The van der Waals surface area contributed by atoms with E-state index in [0.717, 1.165) is 19.6 Å². The molecule has 0 aliphatic heterocycles. The van der Waals surface area contributed by atoms with Crippen molar-refractivity contribution in [2.75, 3.05) is 20.1 Å². The van der Waals surface area contributed by atoms with E-state index in [1.165, 1.54) is 37.7 Å². The van der Waals surface area contributed by atoms with E-state index in [4.69, 9.17) is 5.73 Å². The number of nitrogens with zero attached hydrogens (tertiary/aromatic N) is 1. The lowest BCUT2D eigenvalue weighted by Crippen LogP contribution is -2.42. The fraction of sp³-hybridized carbons (Fsp3) is 0.625. The molecule has 100 valence electrons. The quantitative estimate of drug-likeness (QED) is 0.865. The number of rotatable bonds is 5. The number of hydrogen-bond donors (Lipinski definition) is 1. The average molecular weight is 246 g/mol. The van der Waals surface area contributed by atoms with Crippen LogP contribution in [-0.4, -0.2) is 25.0 Å². The molecule has 1 aliphatic rings. The Morgan fingerprint density at radius 2 is 1.78 bits per heavy atom. The van der Waals surface area contributed by atoms with Crippen LogP contribution in [0.5, 0.6) is 0 Å². The minimum absolute atomic E-state index is 0.377. The van der Waals surface area contributed by atoms with Gasteiger partial charge in [0.15, 0.2) is 0 Å². The zero-order valence-corrected chi connectivity index (χ0v) is 11.6. The maximum atomic E-state index is 6.05. The van der Waals surface area contributed by atoms with Crippen LogP contribution in [0, 0.1) is 5.41 Å². The van der Waals surface area contributed by atoms with Crippen molar-refractivity contribution >= 4 is 0 Å². The molecule has 18 heavy (non-hydrogen) atoms. The van der Waals surface area contributed by atoms with Gasteiger partial charge in [0.1, 0.15) is 0 Å². The third kappa shape index (κ3) is 3.56. The summed E-state index contributed by atoms with van der Waals surface area (Å²) in [5, 5.41) is 0. The van der Waals surface area contributed by atoms with Crippen molar-refractivity contribution in [3.05, 3.63) is 35.9 Å². The van der Waals surface area contributed by atoms with Crippen molar-refractivity contribution in [2.24, 2.45) is 11.1 Å². The summed E-state index contributed by atoms with van der Waals surface area (Å²) in [6.07, 6.45) is 6.72. The van der Waals surface area contributed by atoms with Crippen molar-refractivity contribution in [2.45, 2.75) is 38.6 Å². The molecule has 0 radical (unpaired) electrons. The van der Waals surface area contributed by atoms with Crippen LogP contribution in [0.3, 0.4) is 0 Å². The van der Waals surface area contributed by atoms with Crippen LogP contribution in [0.4, 0.5) is 0 Å². The first-order valence-corrected chi connectivity index (χ1v) is 7.17. The summed E-state index contributed by atoms with van der Waals surface area (Å²) in [6, 6.07) is 10.7. The minimum atomic E-state index is 0.377. The van der Waals surface area contributed by atoms with Gasteiger partial charge in [0.05, 0.1) is 0 Å². The fourth-order valence-electron chi connectivity index (χ4n) is 3.25. The Morgan fingerprint density at radius 1 is 1.11 bits per heavy atom. The van der Waals surface area contributed by atoms with Gasteiger partial charge in [-0.05, 0) is 37.4 Å². The van der Waals surface area contributed by atoms with Gasteiger partial charge >= 0.3 is 0 Å². The molecule has 0 spiro atoms. The number of nitrogens with two attached hydrogens (primary N) is 1. The third-order valence-corrected chi connectivity index (χ3v) is 4.25. The van der Waals surface area contributed by atoms with Gasteiger partial charge in [-0.25, -0.2) is 0 Å². The van der Waals surface area contributed by atoms with Crippen LogP contribution in [0.25, 0.3) is 0 Å². The van der Waals surface area contributed by atoms with E-state index >= 15 is 0 Å². The summed E-state index contributed by atoms with van der Waals surface area (Å²) in [4.78, 5) is 2.44. The largest absolute Gasteiger partial charge is 0.330 e. The lowest BCUT2D eigenvalue weighted by Gasteiger charge is -2.39. The Morgan fingerprint density at radius 3 is 2.39 bits per heavy atom. The first-order valence-electron chi connectivity index (χ1n) is 7.17. The highest BCUT2D eigenvalue weighted by Gasteiger charge is 2.31. The molecule has 2 nitrogen and oxygen atoms in total. The second-order valence-corrected chi connectivity index (χ2v) is 5.92. The molecule has 0 saturated heterocycles. The summed E-state index contributed by atoms with van der Waals surface area (Å²) in [5.74, 6) is 0. The number of benzene rings is 1. The Kier molecular flexibility index (Phi) is 4.79. The summed E-state index contributed by atoms with van der Waals surface area (Å²) in [6.45, 7) is 3.01. The Hall–Kier alpha value is -0.860. The van der Waals surface area contributed by atoms with Crippen molar-refractivity contribution in [3.8, 4) is 0 Å². The molecule has 2 rings (SSSR count). The van der Waals surface area contributed by atoms with E-state index < -0.39 is 0 Å². The molecule has 0 atom stereocenters. The van der Waals surface area contributed by atoms with E-state index in [9.17, 15) is 0 Å². The van der Waals surface area contributed by atoms with Crippen molar-refractivity contribution < 1.29 is 0 Å². The summed E-state index contributed by atoms with van der Waals surface area (Å²) in [5.41, 5.74) is 7.82. The van der Waals surface area contributed by atoms with Gasteiger partial charge in [-0.15, -0.1) is 0 Å². The van der Waals surface area contributed by atoms with Crippen LogP contribution in [0.2, 0.25) is 0 Å². The monoisotopic (exact) mass is 246 g/mol. The van der Waals surface area contributed by atoms with Gasteiger partial charge < -0.3 is 10.6 Å². The van der Waals surface area contributed by atoms with Gasteiger partial charge in [0.2, 0.25) is 0 Å². The van der Waals surface area contributed by atoms with Crippen molar-refractivity contribution in [3.63, 3.8) is 0 Å². The first kappa shape index (κ1) is 13.6. The molecule has 1 aliphatic carbocycles. The van der Waals surface area contributed by atoms with Crippen LogP contribution in [0.1, 0.15) is 37.7 Å². The van der Waals surface area contributed by atoms with Crippen LogP contribution in [0.15, 0.2) is 30.3 Å². The maximum Gasteiger partial charge on any atom is 0.0230 e. The standard InChI is InChI=1S/C16H26N2/c1-18(12-15-8-4-2-5-9-15)14-16(13-17)10-6-3-7-11-16/h2,4-5,8-9H,3,6-7,10-14,17H2,1H3. The zero-order chi connectivity index (χ0) is 12.8. The SMILES string of the molecule is CN(Cc1ccccc1)CC1(CN)CCCCC1. The minimum Gasteiger partial charge on any atom is -0.330 e. The van der Waals surface area contributed by atoms with Crippen molar-refractivity contribution in [1.82, 2.24) is 4.90 Å². The molecule has 2 heteroatoms. The molecular weight excluding hydrogens is 220 g/mol. The molecule has 0 unspecified atom stereocenters. The third-order valence-electron chi connectivity index (χ3n) is 4.25. The smallest absolute Gasteiger partial charge is 0.0230 e. The second kappa shape index (κ2) is 6.35. The lowest BCUT2D eigenvalue weighted by atomic mass is 9.73. The number of hydrogen-bond acceptors (Lipinski definition) is 2. The highest BCUT2D eigenvalue weighted by atomic mass is 15.1. The van der Waals surface area contributed by atoms with Crippen LogP contribution >= 0.6 is 0 Å². The van der Waals surface area contributed by atoms with E-state index in [0.29, 0.717) is 5.41 Å². The summed E-state index contributed by atoms with van der Waals surface area (Å²) < 4.78 is 0. The Labute approximate surface area is 111 Å².